The average molecular weight is 291 g/mol. The van der Waals surface area contributed by atoms with Gasteiger partial charge in [-0.2, -0.15) is 0 Å². The van der Waals surface area contributed by atoms with Crippen molar-refractivity contribution >= 4 is 23.2 Å². The predicted octanol–water partition coefficient (Wildman–Crippen LogP) is 1.72. The van der Waals surface area contributed by atoms with Gasteiger partial charge in [-0.3, -0.25) is 9.59 Å². The first-order chi connectivity index (χ1) is 9.84. The van der Waals surface area contributed by atoms with E-state index in [-0.39, 0.29) is 17.7 Å². The van der Waals surface area contributed by atoms with Crippen LogP contribution >= 0.6 is 0 Å². The second-order valence-electron chi connectivity index (χ2n) is 5.61. The molecular formula is C15H21N3O3. The minimum atomic E-state index is -0.894. The van der Waals surface area contributed by atoms with Gasteiger partial charge in [-0.05, 0) is 43.9 Å². The molecule has 0 radical (unpaired) electrons. The summed E-state index contributed by atoms with van der Waals surface area (Å²) in [6, 6.07) is 5.05. The topological polar surface area (TPSA) is 93.5 Å². The molecule has 1 aliphatic rings. The number of amides is 2. The Kier molecular flexibility index (Phi) is 4.18. The van der Waals surface area contributed by atoms with E-state index in [9.17, 15) is 9.59 Å². The lowest BCUT2D eigenvalue weighted by Gasteiger charge is -2.24. The summed E-state index contributed by atoms with van der Waals surface area (Å²) in [6.07, 6.45) is 1.95. The number of hydrogen-bond donors (Lipinski definition) is 3. The number of benzene rings is 1. The minimum absolute atomic E-state index is 0.181. The fourth-order valence-corrected chi connectivity index (χ4v) is 2.21. The molecule has 0 spiro atoms. The molecule has 6 heteroatoms. The Morgan fingerprint density at radius 2 is 2.00 bits per heavy atom. The highest BCUT2D eigenvalue weighted by molar-refractivity contribution is 6.00. The van der Waals surface area contributed by atoms with E-state index in [1.54, 1.807) is 25.1 Å². The normalized spacial score (nSPS) is 16.8. The van der Waals surface area contributed by atoms with Gasteiger partial charge in [0.2, 0.25) is 11.8 Å². The Labute approximate surface area is 124 Å². The van der Waals surface area contributed by atoms with Crippen molar-refractivity contribution in [3.05, 3.63) is 18.2 Å². The lowest BCUT2D eigenvalue weighted by molar-refractivity contribution is -0.121. The van der Waals surface area contributed by atoms with Crippen LogP contribution in [0, 0.1) is 5.92 Å². The van der Waals surface area contributed by atoms with Gasteiger partial charge in [0.25, 0.3) is 0 Å². The highest BCUT2D eigenvalue weighted by Crippen LogP contribution is 2.39. The summed E-state index contributed by atoms with van der Waals surface area (Å²) in [5.74, 6) is 0.313. The molecule has 6 nitrogen and oxygen atoms in total. The molecule has 2 amide bonds. The number of rotatable bonds is 5. The third-order valence-corrected chi connectivity index (χ3v) is 3.68. The average Bonchev–Trinajstić information content (AvgIpc) is 3.22. The summed E-state index contributed by atoms with van der Waals surface area (Å²) >= 11 is 0. The smallest absolute Gasteiger partial charge is 0.244 e. The van der Waals surface area contributed by atoms with Crippen molar-refractivity contribution in [3.63, 3.8) is 0 Å². The van der Waals surface area contributed by atoms with Gasteiger partial charge in [0.1, 0.15) is 5.75 Å². The highest BCUT2D eigenvalue weighted by atomic mass is 16.5. The second kappa shape index (κ2) is 5.73. The molecule has 0 heterocycles. The molecule has 1 saturated carbocycles. The third kappa shape index (κ3) is 3.52. The van der Waals surface area contributed by atoms with Crippen molar-refractivity contribution in [3.8, 4) is 5.75 Å². The molecule has 0 bridgehead atoms. The van der Waals surface area contributed by atoms with E-state index in [4.69, 9.17) is 10.5 Å². The maximum atomic E-state index is 12.3. The maximum absolute atomic E-state index is 12.3. The number of methoxy groups -OCH3 is 1. The van der Waals surface area contributed by atoms with Gasteiger partial charge in [-0.15, -0.1) is 0 Å². The Hall–Kier alpha value is -2.08. The van der Waals surface area contributed by atoms with E-state index in [0.29, 0.717) is 17.1 Å². The summed E-state index contributed by atoms with van der Waals surface area (Å²) in [7, 11) is 1.52. The quantitative estimate of drug-likeness (QED) is 0.770. The van der Waals surface area contributed by atoms with E-state index in [1.165, 1.54) is 14.0 Å². The summed E-state index contributed by atoms with van der Waals surface area (Å²) in [5, 5.41) is 5.46. The summed E-state index contributed by atoms with van der Waals surface area (Å²) in [5.41, 5.74) is 6.29. The van der Waals surface area contributed by atoms with Gasteiger partial charge < -0.3 is 21.1 Å². The van der Waals surface area contributed by atoms with Gasteiger partial charge in [0.15, 0.2) is 0 Å². The SMILES string of the molecule is COc1ccc(NC(C)=O)cc1NC(=O)C(C)(N)C1CC1. The van der Waals surface area contributed by atoms with Gasteiger partial charge in [0, 0.05) is 12.6 Å². The van der Waals surface area contributed by atoms with E-state index < -0.39 is 5.54 Å². The van der Waals surface area contributed by atoms with E-state index in [0.717, 1.165) is 12.8 Å². The van der Waals surface area contributed by atoms with Crippen molar-refractivity contribution in [1.82, 2.24) is 0 Å². The minimum Gasteiger partial charge on any atom is -0.495 e. The molecule has 0 aliphatic heterocycles. The monoisotopic (exact) mass is 291 g/mol. The van der Waals surface area contributed by atoms with E-state index in [2.05, 4.69) is 10.6 Å². The molecule has 1 unspecified atom stereocenters. The molecule has 0 saturated heterocycles. The van der Waals surface area contributed by atoms with Crippen LogP contribution in [-0.4, -0.2) is 24.5 Å². The van der Waals surface area contributed by atoms with Crippen LogP contribution in [0.1, 0.15) is 26.7 Å². The van der Waals surface area contributed by atoms with Gasteiger partial charge in [-0.25, -0.2) is 0 Å². The Balaban J connectivity index is 2.20. The van der Waals surface area contributed by atoms with Crippen LogP contribution in [0.4, 0.5) is 11.4 Å². The largest absolute Gasteiger partial charge is 0.495 e. The predicted molar refractivity (Wildman–Crippen MR) is 81.2 cm³/mol. The molecule has 1 fully saturated rings. The zero-order chi connectivity index (χ0) is 15.6. The number of ether oxygens (including phenoxy) is 1. The number of anilines is 2. The Morgan fingerprint density at radius 3 is 2.52 bits per heavy atom. The molecule has 1 atom stereocenters. The van der Waals surface area contributed by atoms with Gasteiger partial charge in [-0.1, -0.05) is 0 Å². The molecule has 1 aromatic carbocycles. The standard InChI is InChI=1S/C15H21N3O3/c1-9(19)17-11-6-7-13(21-3)12(8-11)18-14(20)15(2,16)10-4-5-10/h6-8,10H,4-5,16H2,1-3H3,(H,17,19)(H,18,20). The third-order valence-electron chi connectivity index (χ3n) is 3.68. The molecule has 114 valence electrons. The first-order valence-electron chi connectivity index (χ1n) is 6.90. The second-order valence-corrected chi connectivity index (χ2v) is 5.61. The van der Waals surface area contributed by atoms with Gasteiger partial charge >= 0.3 is 0 Å². The lowest BCUT2D eigenvalue weighted by atomic mass is 9.96. The number of hydrogen-bond acceptors (Lipinski definition) is 4. The first kappa shape index (κ1) is 15.3. The van der Waals surface area contributed by atoms with Gasteiger partial charge in [0.05, 0.1) is 18.3 Å². The fraction of sp³-hybridized carbons (Fsp3) is 0.467. The van der Waals surface area contributed by atoms with E-state index >= 15 is 0 Å². The number of carbonyl (C=O) groups is 2. The Morgan fingerprint density at radius 1 is 1.33 bits per heavy atom. The molecule has 1 aromatic rings. The van der Waals surface area contributed by atoms with E-state index in [1.807, 2.05) is 0 Å². The van der Waals surface area contributed by atoms with Crippen molar-refractivity contribution < 1.29 is 14.3 Å². The van der Waals surface area contributed by atoms with Crippen LogP contribution in [0.2, 0.25) is 0 Å². The van der Waals surface area contributed by atoms with Crippen LogP contribution in [0.3, 0.4) is 0 Å². The summed E-state index contributed by atoms with van der Waals surface area (Å²) < 4.78 is 5.23. The molecular weight excluding hydrogens is 270 g/mol. The zero-order valence-electron chi connectivity index (χ0n) is 12.5. The summed E-state index contributed by atoms with van der Waals surface area (Å²) in [4.78, 5) is 23.4. The zero-order valence-corrected chi connectivity index (χ0v) is 12.5. The molecule has 2 rings (SSSR count). The maximum Gasteiger partial charge on any atom is 0.244 e. The van der Waals surface area contributed by atoms with Crippen molar-refractivity contribution in [2.45, 2.75) is 32.2 Å². The van der Waals surface area contributed by atoms with Crippen LogP contribution in [-0.2, 0) is 9.59 Å². The van der Waals surface area contributed by atoms with Crippen molar-refractivity contribution in [2.24, 2.45) is 11.7 Å². The van der Waals surface area contributed by atoms with Crippen LogP contribution in [0.15, 0.2) is 18.2 Å². The fourth-order valence-electron chi connectivity index (χ4n) is 2.21. The molecule has 4 N–H and O–H groups in total. The number of nitrogens with one attached hydrogen (secondary N) is 2. The van der Waals surface area contributed by atoms with Crippen molar-refractivity contribution in [2.75, 3.05) is 17.7 Å². The molecule has 21 heavy (non-hydrogen) atoms. The lowest BCUT2D eigenvalue weighted by Crippen LogP contribution is -2.50. The number of nitrogens with two attached hydrogens (primary N) is 1. The first-order valence-corrected chi connectivity index (χ1v) is 6.90. The van der Waals surface area contributed by atoms with Crippen LogP contribution in [0.25, 0.3) is 0 Å². The Bertz CT molecular complexity index is 565. The van der Waals surface area contributed by atoms with Crippen molar-refractivity contribution in [1.29, 1.82) is 0 Å². The molecule has 1 aliphatic carbocycles. The number of carbonyl (C=O) groups excluding carboxylic acids is 2. The van der Waals surface area contributed by atoms with Crippen LogP contribution in [0.5, 0.6) is 5.75 Å². The highest BCUT2D eigenvalue weighted by Gasteiger charge is 2.44. The van der Waals surface area contributed by atoms with Crippen LogP contribution < -0.4 is 21.1 Å². The molecule has 0 aromatic heterocycles. The summed E-state index contributed by atoms with van der Waals surface area (Å²) in [6.45, 7) is 3.16.